The molecule has 0 radical (unpaired) electrons. The minimum Gasteiger partial charge on any atom is -0.333 e. The minimum atomic E-state index is -0.0409. The molecule has 4 rings (SSSR count). The molecule has 0 bridgehead atoms. The molecule has 26 heavy (non-hydrogen) atoms. The van der Waals surface area contributed by atoms with Crippen molar-refractivity contribution in [2.24, 2.45) is 0 Å². The first-order chi connectivity index (χ1) is 12.7. The molecule has 0 saturated carbocycles. The van der Waals surface area contributed by atoms with Crippen LogP contribution in [0.1, 0.15) is 47.7 Å². The van der Waals surface area contributed by atoms with Crippen molar-refractivity contribution in [2.75, 3.05) is 19.6 Å². The number of fused-ring (bicyclic) bond motifs is 1. The van der Waals surface area contributed by atoms with E-state index in [0.29, 0.717) is 19.5 Å². The molecule has 0 unspecified atom stereocenters. The second-order valence-electron chi connectivity index (χ2n) is 7.08. The van der Waals surface area contributed by atoms with Crippen LogP contribution in [0, 0.1) is 0 Å². The normalized spacial score (nSPS) is 20.6. The maximum absolute atomic E-state index is 13.2. The van der Waals surface area contributed by atoms with Gasteiger partial charge in [-0.3, -0.25) is 9.59 Å². The van der Waals surface area contributed by atoms with Crippen molar-refractivity contribution < 1.29 is 9.59 Å². The van der Waals surface area contributed by atoms with Gasteiger partial charge in [0.1, 0.15) is 0 Å². The Morgan fingerprint density at radius 1 is 1.04 bits per heavy atom. The Bertz CT molecular complexity index is 786. The topological polar surface area (TPSA) is 40.6 Å². The van der Waals surface area contributed by atoms with E-state index in [1.807, 2.05) is 23.1 Å². The van der Waals surface area contributed by atoms with Crippen molar-refractivity contribution in [3.8, 4) is 0 Å². The van der Waals surface area contributed by atoms with Crippen molar-refractivity contribution in [2.45, 2.75) is 38.1 Å². The summed E-state index contributed by atoms with van der Waals surface area (Å²) >= 11 is 1.77. The summed E-state index contributed by atoms with van der Waals surface area (Å²) in [6.45, 7) is 1.63. The lowest BCUT2D eigenvalue weighted by atomic mass is 9.93. The summed E-state index contributed by atoms with van der Waals surface area (Å²) in [6, 6.07) is 12.3. The number of hydrogen-bond donors (Lipinski definition) is 0. The average Bonchev–Trinajstić information content (AvgIpc) is 3.06. The van der Waals surface area contributed by atoms with E-state index in [0.717, 1.165) is 31.2 Å². The minimum absolute atomic E-state index is 0.0409. The Hall–Kier alpha value is -2.14. The van der Waals surface area contributed by atoms with Crippen LogP contribution in [-0.2, 0) is 16.0 Å². The van der Waals surface area contributed by atoms with Crippen LogP contribution in [0.3, 0.4) is 0 Å². The van der Waals surface area contributed by atoms with Crippen molar-refractivity contribution in [3.63, 3.8) is 0 Å². The third-order valence-corrected chi connectivity index (χ3v) is 6.40. The summed E-state index contributed by atoms with van der Waals surface area (Å²) < 4.78 is 0. The number of carbonyl (C=O) groups is 2. The van der Waals surface area contributed by atoms with Gasteiger partial charge in [0.2, 0.25) is 11.8 Å². The lowest BCUT2D eigenvalue weighted by Gasteiger charge is -2.37. The lowest BCUT2D eigenvalue weighted by Crippen LogP contribution is -2.46. The lowest BCUT2D eigenvalue weighted by molar-refractivity contribution is -0.141. The smallest absolute Gasteiger partial charge is 0.242 e. The average molecular weight is 369 g/mol. The van der Waals surface area contributed by atoms with Gasteiger partial charge < -0.3 is 9.80 Å². The fraction of sp³-hybridized carbons (Fsp3) is 0.429. The van der Waals surface area contributed by atoms with Gasteiger partial charge in [0.15, 0.2) is 0 Å². The van der Waals surface area contributed by atoms with Gasteiger partial charge in [-0.2, -0.15) is 0 Å². The van der Waals surface area contributed by atoms with E-state index >= 15 is 0 Å². The maximum atomic E-state index is 13.2. The highest BCUT2D eigenvalue weighted by Gasteiger charge is 2.33. The molecule has 0 N–H and O–H groups in total. The molecular formula is C21H24N2O2S. The van der Waals surface area contributed by atoms with Crippen molar-refractivity contribution >= 4 is 23.2 Å². The van der Waals surface area contributed by atoms with Gasteiger partial charge in [-0.05, 0) is 41.8 Å². The number of hydrogen-bond acceptors (Lipinski definition) is 3. The molecule has 5 heteroatoms. The summed E-state index contributed by atoms with van der Waals surface area (Å²) in [4.78, 5) is 30.6. The zero-order chi connectivity index (χ0) is 17.9. The van der Waals surface area contributed by atoms with Crippen LogP contribution in [0.5, 0.6) is 0 Å². The summed E-state index contributed by atoms with van der Waals surface area (Å²) in [5.74, 6) is 0.186. The fourth-order valence-corrected chi connectivity index (χ4v) is 4.94. The molecule has 0 aliphatic carbocycles. The van der Waals surface area contributed by atoms with E-state index in [1.165, 1.54) is 10.4 Å². The summed E-state index contributed by atoms with van der Waals surface area (Å²) in [7, 11) is 0. The largest absolute Gasteiger partial charge is 0.333 e. The number of carbonyl (C=O) groups excluding carboxylic acids is 2. The van der Waals surface area contributed by atoms with Crippen LogP contribution in [-0.4, -0.2) is 41.2 Å². The molecule has 1 aromatic carbocycles. The number of rotatable bonds is 3. The van der Waals surface area contributed by atoms with E-state index in [4.69, 9.17) is 0 Å². The molecule has 4 nitrogen and oxygen atoms in total. The SMILES string of the molecule is O=C1CCCCCN1CC(=O)N1CCc2sccc2[C@@H]1c1ccccc1. The molecule has 2 aliphatic heterocycles. The first-order valence-corrected chi connectivity index (χ1v) is 10.3. The van der Waals surface area contributed by atoms with Crippen LogP contribution < -0.4 is 0 Å². The summed E-state index contributed by atoms with van der Waals surface area (Å²) in [6.07, 6.45) is 4.49. The molecule has 3 heterocycles. The molecular weight excluding hydrogens is 344 g/mol. The first-order valence-electron chi connectivity index (χ1n) is 9.42. The van der Waals surface area contributed by atoms with Crippen LogP contribution in [0.25, 0.3) is 0 Å². The van der Waals surface area contributed by atoms with Crippen LogP contribution >= 0.6 is 11.3 Å². The van der Waals surface area contributed by atoms with Gasteiger partial charge in [0.05, 0.1) is 12.6 Å². The van der Waals surface area contributed by atoms with Crippen molar-refractivity contribution in [3.05, 3.63) is 57.8 Å². The predicted molar refractivity (Wildman–Crippen MR) is 103 cm³/mol. The van der Waals surface area contributed by atoms with Crippen molar-refractivity contribution in [1.82, 2.24) is 9.80 Å². The van der Waals surface area contributed by atoms with E-state index in [-0.39, 0.29) is 24.4 Å². The van der Waals surface area contributed by atoms with Gasteiger partial charge in [0.25, 0.3) is 0 Å². The summed E-state index contributed by atoms with van der Waals surface area (Å²) in [5.41, 5.74) is 2.38. The number of amides is 2. The Morgan fingerprint density at radius 2 is 1.88 bits per heavy atom. The Kier molecular flexibility index (Phi) is 5.07. The number of benzene rings is 1. The van der Waals surface area contributed by atoms with Crippen LogP contribution in [0.15, 0.2) is 41.8 Å². The third-order valence-electron chi connectivity index (χ3n) is 5.40. The van der Waals surface area contributed by atoms with Gasteiger partial charge in [0, 0.05) is 24.4 Å². The number of likely N-dealkylation sites (tertiary alicyclic amines) is 1. The standard InChI is InChI=1S/C21H24N2O2S/c24-19-9-5-2-6-12-22(19)15-20(25)23-13-10-18-17(11-14-26-18)21(23)16-7-3-1-4-8-16/h1,3-4,7-8,11,14,21H,2,5-6,9-10,12-13,15H2/t21-/m0/s1. The van der Waals surface area contributed by atoms with Crippen molar-refractivity contribution in [1.29, 1.82) is 0 Å². The van der Waals surface area contributed by atoms with E-state index in [1.54, 1.807) is 16.2 Å². The number of thiophene rings is 1. The Morgan fingerprint density at radius 3 is 2.73 bits per heavy atom. The van der Waals surface area contributed by atoms with Gasteiger partial charge in [-0.15, -0.1) is 11.3 Å². The highest BCUT2D eigenvalue weighted by atomic mass is 32.1. The highest BCUT2D eigenvalue weighted by Crippen LogP contribution is 2.37. The quantitative estimate of drug-likeness (QED) is 0.830. The zero-order valence-corrected chi connectivity index (χ0v) is 15.7. The Balaban J connectivity index is 1.60. The van der Waals surface area contributed by atoms with Gasteiger partial charge >= 0.3 is 0 Å². The van der Waals surface area contributed by atoms with E-state index < -0.39 is 0 Å². The molecule has 1 fully saturated rings. The molecule has 1 aromatic heterocycles. The molecule has 2 aromatic rings. The number of nitrogens with zero attached hydrogens (tertiary/aromatic N) is 2. The fourth-order valence-electron chi connectivity index (χ4n) is 4.04. The molecule has 136 valence electrons. The molecule has 0 spiro atoms. The molecule has 1 saturated heterocycles. The highest BCUT2D eigenvalue weighted by molar-refractivity contribution is 7.10. The second-order valence-corrected chi connectivity index (χ2v) is 8.08. The van der Waals surface area contributed by atoms with E-state index in [2.05, 4.69) is 23.6 Å². The van der Waals surface area contributed by atoms with Crippen LogP contribution in [0.2, 0.25) is 0 Å². The summed E-state index contributed by atoms with van der Waals surface area (Å²) in [5, 5.41) is 2.12. The maximum Gasteiger partial charge on any atom is 0.242 e. The molecule has 2 aliphatic rings. The Labute approximate surface area is 158 Å². The van der Waals surface area contributed by atoms with Crippen LogP contribution in [0.4, 0.5) is 0 Å². The third kappa shape index (κ3) is 3.40. The zero-order valence-electron chi connectivity index (χ0n) is 14.9. The monoisotopic (exact) mass is 368 g/mol. The second kappa shape index (κ2) is 7.62. The molecule has 1 atom stereocenters. The molecule has 2 amide bonds. The van der Waals surface area contributed by atoms with E-state index in [9.17, 15) is 9.59 Å². The predicted octanol–water partition coefficient (Wildman–Crippen LogP) is 3.62. The van der Waals surface area contributed by atoms with Gasteiger partial charge in [-0.25, -0.2) is 0 Å². The van der Waals surface area contributed by atoms with Gasteiger partial charge in [-0.1, -0.05) is 36.8 Å². The first kappa shape index (κ1) is 17.3.